The molecule has 1 aliphatic heterocycles. The van der Waals surface area contributed by atoms with Gasteiger partial charge < -0.3 is 10.1 Å². The number of fused-ring (bicyclic) bond motifs is 1. The van der Waals surface area contributed by atoms with Crippen LogP contribution in [0.5, 0.6) is 0 Å². The summed E-state index contributed by atoms with van der Waals surface area (Å²) >= 11 is 0. The zero-order chi connectivity index (χ0) is 21.3. The Balaban J connectivity index is 1.92. The van der Waals surface area contributed by atoms with E-state index in [0.717, 1.165) is 11.1 Å². The predicted octanol–water partition coefficient (Wildman–Crippen LogP) is 3.12. The summed E-state index contributed by atoms with van der Waals surface area (Å²) in [5.74, 6) is -0.338. The summed E-state index contributed by atoms with van der Waals surface area (Å²) in [6.45, 7) is 4.22. The van der Waals surface area contributed by atoms with Crippen molar-refractivity contribution in [2.75, 3.05) is 12.4 Å². The van der Waals surface area contributed by atoms with Crippen LogP contribution in [0.4, 0.5) is 5.95 Å². The number of hydrogen-bond donors (Lipinski definition) is 1. The fourth-order valence-electron chi connectivity index (χ4n) is 3.50. The highest BCUT2D eigenvalue weighted by atomic mass is 16.5. The summed E-state index contributed by atoms with van der Waals surface area (Å²) in [5.41, 5.74) is 2.67. The van der Waals surface area contributed by atoms with Gasteiger partial charge in [0.05, 0.1) is 12.7 Å². The first-order valence-corrected chi connectivity index (χ1v) is 9.58. The number of carbonyl (C=O) groups is 2. The number of nitrogens with zero attached hydrogens (tertiary/aromatic N) is 4. The van der Waals surface area contributed by atoms with Crippen LogP contribution in [-0.4, -0.2) is 39.1 Å². The van der Waals surface area contributed by atoms with Crippen molar-refractivity contribution in [3.63, 3.8) is 0 Å². The number of esters is 1. The Morgan fingerprint density at radius 3 is 2.40 bits per heavy atom. The molecule has 1 atom stereocenters. The summed E-state index contributed by atoms with van der Waals surface area (Å²) in [6, 6.07) is 16.0. The van der Waals surface area contributed by atoms with E-state index in [2.05, 4.69) is 34.7 Å². The van der Waals surface area contributed by atoms with Gasteiger partial charge in [-0.05, 0) is 27.5 Å². The molecule has 1 unspecified atom stereocenters. The number of aromatic nitrogens is 4. The van der Waals surface area contributed by atoms with E-state index in [0.29, 0.717) is 11.5 Å². The Bertz CT molecular complexity index is 1120. The first-order valence-electron chi connectivity index (χ1n) is 9.58. The Morgan fingerprint density at radius 1 is 1.07 bits per heavy atom. The van der Waals surface area contributed by atoms with Gasteiger partial charge in [-0.15, -0.1) is 0 Å². The third-order valence-corrected chi connectivity index (χ3v) is 5.11. The first kappa shape index (κ1) is 19.5. The van der Waals surface area contributed by atoms with Gasteiger partial charge in [-0.1, -0.05) is 73.5 Å². The Labute approximate surface area is 173 Å². The van der Waals surface area contributed by atoms with Gasteiger partial charge in [0.1, 0.15) is 11.7 Å². The molecule has 1 N–H and O–H groups in total. The number of ketones is 1. The molecule has 0 radical (unpaired) electrons. The number of benzene rings is 2. The Morgan fingerprint density at radius 2 is 1.77 bits per heavy atom. The van der Waals surface area contributed by atoms with Crippen LogP contribution in [0.3, 0.4) is 0 Å². The third-order valence-electron chi connectivity index (χ3n) is 5.11. The molecule has 0 spiro atoms. The molecule has 0 saturated heterocycles. The molecule has 0 aliphatic carbocycles. The molecule has 2 heterocycles. The highest BCUT2D eigenvalue weighted by Gasteiger charge is 2.38. The zero-order valence-electron chi connectivity index (χ0n) is 16.9. The highest BCUT2D eigenvalue weighted by molar-refractivity contribution is 6.14. The normalized spacial score (nSPS) is 15.5. The van der Waals surface area contributed by atoms with Crippen molar-refractivity contribution in [3.8, 4) is 0 Å². The topological polar surface area (TPSA) is 99.0 Å². The lowest BCUT2D eigenvalue weighted by atomic mass is 9.88. The van der Waals surface area contributed by atoms with Crippen LogP contribution in [0.15, 0.2) is 65.9 Å². The maximum atomic E-state index is 13.5. The van der Waals surface area contributed by atoms with E-state index in [-0.39, 0.29) is 23.0 Å². The highest BCUT2D eigenvalue weighted by Crippen LogP contribution is 2.37. The van der Waals surface area contributed by atoms with Gasteiger partial charge in [0.2, 0.25) is 5.95 Å². The van der Waals surface area contributed by atoms with Crippen LogP contribution in [-0.2, 0) is 9.53 Å². The minimum absolute atomic E-state index is 0.0339. The number of tetrazole rings is 1. The second-order valence-electron chi connectivity index (χ2n) is 7.27. The molecule has 4 rings (SSSR count). The summed E-state index contributed by atoms with van der Waals surface area (Å²) in [4.78, 5) is 26.1. The maximum absolute atomic E-state index is 13.5. The van der Waals surface area contributed by atoms with E-state index >= 15 is 0 Å². The van der Waals surface area contributed by atoms with Crippen LogP contribution in [0, 0.1) is 0 Å². The number of carbonyl (C=O) groups excluding carboxylic acids is 2. The number of Topliss-reactive ketones (excluding diaryl/α,β-unsaturated/α-hetero) is 1. The molecule has 1 aromatic heterocycles. The number of ether oxygens (including phenoxy) is 1. The van der Waals surface area contributed by atoms with Gasteiger partial charge in [-0.2, -0.15) is 4.68 Å². The standard InChI is InChI=1S/C22H21N5O3/c1-13(2)14-9-11-15(12-10-14)19-17(20(28)16-7-5-4-6-8-16)18(21(29)30-3)23-22-24-25-26-27(19)22/h4-13,19H,1-3H3,(H,23,24,26). The van der Waals surface area contributed by atoms with Gasteiger partial charge in [-0.25, -0.2) is 4.79 Å². The number of allylic oxidation sites excluding steroid dienone is 1. The van der Waals surface area contributed by atoms with Gasteiger partial charge in [0.15, 0.2) is 5.78 Å². The smallest absolute Gasteiger partial charge is 0.355 e. The van der Waals surface area contributed by atoms with Crippen LogP contribution >= 0.6 is 0 Å². The predicted molar refractivity (Wildman–Crippen MR) is 110 cm³/mol. The summed E-state index contributed by atoms with van der Waals surface area (Å²) in [6.07, 6.45) is 0. The Hall–Kier alpha value is -3.81. The number of rotatable bonds is 5. The van der Waals surface area contributed by atoms with Crippen molar-refractivity contribution in [1.29, 1.82) is 0 Å². The van der Waals surface area contributed by atoms with Crippen molar-refractivity contribution >= 4 is 17.7 Å². The number of nitrogens with one attached hydrogen (secondary N) is 1. The van der Waals surface area contributed by atoms with Crippen molar-refractivity contribution in [1.82, 2.24) is 20.2 Å². The number of methoxy groups -OCH3 is 1. The largest absolute Gasteiger partial charge is 0.464 e. The van der Waals surface area contributed by atoms with Crippen molar-refractivity contribution in [3.05, 3.63) is 82.6 Å². The molecule has 0 fully saturated rings. The third kappa shape index (κ3) is 3.36. The van der Waals surface area contributed by atoms with E-state index in [1.54, 1.807) is 24.3 Å². The minimum atomic E-state index is -0.681. The van der Waals surface area contributed by atoms with Crippen LogP contribution in [0.25, 0.3) is 0 Å². The summed E-state index contributed by atoms with van der Waals surface area (Å²) < 4.78 is 6.45. The molecule has 1 aliphatic rings. The van der Waals surface area contributed by atoms with E-state index in [9.17, 15) is 9.59 Å². The molecule has 152 valence electrons. The average Bonchev–Trinajstić information content (AvgIpc) is 3.26. The van der Waals surface area contributed by atoms with Gasteiger partial charge in [-0.3, -0.25) is 4.79 Å². The fraction of sp³-hybridized carbons (Fsp3) is 0.227. The summed E-state index contributed by atoms with van der Waals surface area (Å²) in [5, 5.41) is 14.6. The maximum Gasteiger partial charge on any atom is 0.355 e. The van der Waals surface area contributed by atoms with Crippen LogP contribution in [0.2, 0.25) is 0 Å². The molecule has 3 aromatic rings. The van der Waals surface area contributed by atoms with Crippen LogP contribution in [0.1, 0.15) is 47.3 Å². The molecule has 0 bridgehead atoms. The van der Waals surface area contributed by atoms with E-state index in [1.165, 1.54) is 11.8 Å². The fourth-order valence-corrected chi connectivity index (χ4v) is 3.50. The molecular weight excluding hydrogens is 382 g/mol. The molecule has 30 heavy (non-hydrogen) atoms. The monoisotopic (exact) mass is 403 g/mol. The number of anilines is 1. The van der Waals surface area contributed by atoms with Crippen LogP contribution < -0.4 is 5.32 Å². The van der Waals surface area contributed by atoms with Crippen molar-refractivity contribution in [2.24, 2.45) is 0 Å². The van der Waals surface area contributed by atoms with Crippen molar-refractivity contribution < 1.29 is 14.3 Å². The quantitative estimate of drug-likeness (QED) is 0.516. The molecule has 8 nitrogen and oxygen atoms in total. The second kappa shape index (κ2) is 7.90. The lowest BCUT2D eigenvalue weighted by Gasteiger charge is -2.28. The van der Waals surface area contributed by atoms with Gasteiger partial charge >= 0.3 is 5.97 Å². The molecule has 2 aromatic carbocycles. The van der Waals surface area contributed by atoms with E-state index < -0.39 is 12.0 Å². The minimum Gasteiger partial charge on any atom is -0.464 e. The lowest BCUT2D eigenvalue weighted by Crippen LogP contribution is -2.32. The molecule has 8 heteroatoms. The lowest BCUT2D eigenvalue weighted by molar-refractivity contribution is -0.136. The second-order valence-corrected chi connectivity index (χ2v) is 7.27. The Kier molecular flexibility index (Phi) is 5.14. The zero-order valence-corrected chi connectivity index (χ0v) is 16.9. The molecular formula is C22H21N5O3. The average molecular weight is 403 g/mol. The summed E-state index contributed by atoms with van der Waals surface area (Å²) in [7, 11) is 1.27. The van der Waals surface area contributed by atoms with Gasteiger partial charge in [0, 0.05) is 5.56 Å². The van der Waals surface area contributed by atoms with Gasteiger partial charge in [0.25, 0.3) is 0 Å². The van der Waals surface area contributed by atoms with E-state index in [1.807, 2.05) is 30.3 Å². The number of hydrogen-bond acceptors (Lipinski definition) is 7. The molecule has 0 amide bonds. The van der Waals surface area contributed by atoms with Crippen molar-refractivity contribution in [2.45, 2.75) is 25.8 Å². The molecule has 0 saturated carbocycles. The SMILES string of the molecule is COC(=O)C1=C(C(=O)c2ccccc2)C(c2ccc(C(C)C)cc2)n2nnnc2N1. The van der Waals surface area contributed by atoms with E-state index in [4.69, 9.17) is 4.74 Å². The first-order chi connectivity index (χ1) is 14.5.